The number of carbonyl (C=O) groups is 1. The summed E-state index contributed by atoms with van der Waals surface area (Å²) in [5.41, 5.74) is 0.442. The molecule has 0 radical (unpaired) electrons. The van der Waals surface area contributed by atoms with E-state index in [0.29, 0.717) is 18.0 Å². The van der Waals surface area contributed by atoms with Gasteiger partial charge in [0.05, 0.1) is 12.2 Å². The van der Waals surface area contributed by atoms with Crippen LogP contribution in [0.2, 0.25) is 0 Å². The minimum absolute atomic E-state index is 0.0213. The summed E-state index contributed by atoms with van der Waals surface area (Å²) in [6.07, 6.45) is 4.02. The smallest absolute Gasteiger partial charge is 0.253 e. The molecule has 23 heavy (non-hydrogen) atoms. The lowest BCUT2D eigenvalue weighted by atomic mass is 9.85. The minimum atomic E-state index is -0.177. The molecule has 2 aliphatic rings. The van der Waals surface area contributed by atoms with Crippen molar-refractivity contribution in [2.24, 2.45) is 5.92 Å². The number of methoxy groups -OCH3 is 1. The van der Waals surface area contributed by atoms with Crippen LogP contribution in [0.4, 0.5) is 0 Å². The Morgan fingerprint density at radius 2 is 2.22 bits per heavy atom. The molecule has 2 fully saturated rings. The zero-order valence-corrected chi connectivity index (χ0v) is 13.7. The molecule has 2 atom stereocenters. The van der Waals surface area contributed by atoms with Crippen LogP contribution in [0.3, 0.4) is 0 Å². The van der Waals surface area contributed by atoms with Crippen molar-refractivity contribution < 1.29 is 19.4 Å². The average molecular weight is 319 g/mol. The van der Waals surface area contributed by atoms with Gasteiger partial charge in [0.1, 0.15) is 5.75 Å². The largest absolute Gasteiger partial charge is 0.508 e. The molecule has 0 unspecified atom stereocenters. The van der Waals surface area contributed by atoms with E-state index in [4.69, 9.17) is 9.47 Å². The SMILES string of the molecule is COCC[C@H]1CO[C@]2(CCCN(C(=O)c3ccc(O)cc3)C2)C1. The molecule has 0 bridgehead atoms. The van der Waals surface area contributed by atoms with Crippen molar-refractivity contribution in [2.45, 2.75) is 31.3 Å². The van der Waals surface area contributed by atoms with Crippen molar-refractivity contribution in [3.05, 3.63) is 29.8 Å². The maximum absolute atomic E-state index is 12.7. The van der Waals surface area contributed by atoms with Gasteiger partial charge in [0.15, 0.2) is 0 Å². The number of carbonyl (C=O) groups excluding carboxylic acids is 1. The van der Waals surface area contributed by atoms with E-state index in [0.717, 1.165) is 45.4 Å². The van der Waals surface area contributed by atoms with E-state index in [9.17, 15) is 9.90 Å². The van der Waals surface area contributed by atoms with E-state index in [1.165, 1.54) is 0 Å². The summed E-state index contributed by atoms with van der Waals surface area (Å²) in [5, 5.41) is 9.36. The first-order chi connectivity index (χ1) is 11.1. The third-order valence-electron chi connectivity index (χ3n) is 4.96. The molecule has 1 N–H and O–H groups in total. The number of nitrogens with zero attached hydrogens (tertiary/aromatic N) is 1. The number of piperidine rings is 1. The van der Waals surface area contributed by atoms with E-state index in [1.54, 1.807) is 31.4 Å². The van der Waals surface area contributed by atoms with Crippen molar-refractivity contribution in [1.29, 1.82) is 0 Å². The van der Waals surface area contributed by atoms with E-state index < -0.39 is 0 Å². The van der Waals surface area contributed by atoms with Gasteiger partial charge in [0, 0.05) is 32.4 Å². The molecule has 1 aromatic rings. The molecular weight excluding hydrogens is 294 g/mol. The third-order valence-corrected chi connectivity index (χ3v) is 4.96. The molecule has 3 rings (SSSR count). The maximum Gasteiger partial charge on any atom is 0.253 e. The highest BCUT2D eigenvalue weighted by Gasteiger charge is 2.44. The molecule has 0 saturated carbocycles. The first-order valence-electron chi connectivity index (χ1n) is 8.33. The van der Waals surface area contributed by atoms with Crippen LogP contribution in [-0.2, 0) is 9.47 Å². The summed E-state index contributed by atoms with van der Waals surface area (Å²) in [7, 11) is 1.73. The highest BCUT2D eigenvalue weighted by atomic mass is 16.5. The van der Waals surface area contributed by atoms with Gasteiger partial charge in [-0.15, -0.1) is 0 Å². The Labute approximate surface area is 137 Å². The van der Waals surface area contributed by atoms with Crippen LogP contribution in [0.15, 0.2) is 24.3 Å². The molecule has 0 aliphatic carbocycles. The number of likely N-dealkylation sites (tertiary alicyclic amines) is 1. The zero-order chi connectivity index (χ0) is 16.3. The first kappa shape index (κ1) is 16.3. The van der Waals surface area contributed by atoms with Gasteiger partial charge in [-0.1, -0.05) is 0 Å². The highest BCUT2D eigenvalue weighted by molar-refractivity contribution is 5.94. The van der Waals surface area contributed by atoms with E-state index in [2.05, 4.69) is 0 Å². The second kappa shape index (κ2) is 6.89. The molecule has 5 nitrogen and oxygen atoms in total. The molecule has 126 valence electrons. The van der Waals surface area contributed by atoms with E-state index in [-0.39, 0.29) is 17.3 Å². The quantitative estimate of drug-likeness (QED) is 0.926. The Morgan fingerprint density at radius 3 is 2.96 bits per heavy atom. The van der Waals surface area contributed by atoms with Gasteiger partial charge in [-0.05, 0) is 55.9 Å². The van der Waals surface area contributed by atoms with Crippen LogP contribution < -0.4 is 0 Å². The summed E-state index contributed by atoms with van der Waals surface area (Å²) in [6, 6.07) is 6.46. The number of benzene rings is 1. The van der Waals surface area contributed by atoms with Gasteiger partial charge in [0.25, 0.3) is 5.91 Å². The number of hydrogen-bond donors (Lipinski definition) is 1. The summed E-state index contributed by atoms with van der Waals surface area (Å²) in [6.45, 7) is 2.97. The lowest BCUT2D eigenvalue weighted by molar-refractivity contribution is -0.0450. The number of rotatable bonds is 4. The van der Waals surface area contributed by atoms with Gasteiger partial charge >= 0.3 is 0 Å². The summed E-state index contributed by atoms with van der Waals surface area (Å²) >= 11 is 0. The fraction of sp³-hybridized carbons (Fsp3) is 0.611. The lowest BCUT2D eigenvalue weighted by Crippen LogP contribution is -2.50. The van der Waals surface area contributed by atoms with Gasteiger partial charge in [-0.2, -0.15) is 0 Å². The van der Waals surface area contributed by atoms with Crippen LogP contribution in [0, 0.1) is 5.92 Å². The summed E-state index contributed by atoms with van der Waals surface area (Å²) in [5.74, 6) is 0.725. The molecule has 2 aliphatic heterocycles. The maximum atomic E-state index is 12.7. The Hall–Kier alpha value is -1.59. The predicted octanol–water partition coefficient (Wildman–Crippen LogP) is 2.44. The molecule has 0 aromatic heterocycles. The van der Waals surface area contributed by atoms with Crippen molar-refractivity contribution in [3.8, 4) is 5.75 Å². The van der Waals surface area contributed by atoms with Crippen LogP contribution in [0.5, 0.6) is 5.75 Å². The predicted molar refractivity (Wildman–Crippen MR) is 86.5 cm³/mol. The average Bonchev–Trinajstić information content (AvgIpc) is 2.95. The van der Waals surface area contributed by atoms with Gasteiger partial charge in [0.2, 0.25) is 0 Å². The number of amides is 1. The van der Waals surface area contributed by atoms with Crippen LogP contribution in [-0.4, -0.2) is 54.9 Å². The molecule has 1 amide bonds. The van der Waals surface area contributed by atoms with Crippen LogP contribution in [0.25, 0.3) is 0 Å². The van der Waals surface area contributed by atoms with Crippen molar-refractivity contribution in [2.75, 3.05) is 33.4 Å². The normalized spacial score (nSPS) is 27.5. The van der Waals surface area contributed by atoms with Crippen LogP contribution in [0.1, 0.15) is 36.0 Å². The second-order valence-corrected chi connectivity index (χ2v) is 6.72. The summed E-state index contributed by atoms with van der Waals surface area (Å²) < 4.78 is 11.3. The first-order valence-corrected chi connectivity index (χ1v) is 8.33. The minimum Gasteiger partial charge on any atom is -0.508 e. The van der Waals surface area contributed by atoms with Gasteiger partial charge in [-0.3, -0.25) is 4.79 Å². The number of aromatic hydroxyl groups is 1. The monoisotopic (exact) mass is 319 g/mol. The van der Waals surface area contributed by atoms with Crippen molar-refractivity contribution in [3.63, 3.8) is 0 Å². The fourth-order valence-corrected chi connectivity index (χ4v) is 3.75. The molecule has 5 heteroatoms. The number of phenols is 1. The molecule has 1 spiro atoms. The Morgan fingerprint density at radius 1 is 1.43 bits per heavy atom. The number of ether oxygens (including phenoxy) is 2. The fourth-order valence-electron chi connectivity index (χ4n) is 3.75. The second-order valence-electron chi connectivity index (χ2n) is 6.72. The molecule has 2 heterocycles. The third kappa shape index (κ3) is 3.67. The van der Waals surface area contributed by atoms with Crippen LogP contribution >= 0.6 is 0 Å². The van der Waals surface area contributed by atoms with Gasteiger partial charge in [-0.25, -0.2) is 0 Å². The Balaban J connectivity index is 1.64. The zero-order valence-electron chi connectivity index (χ0n) is 13.7. The highest BCUT2D eigenvalue weighted by Crippen LogP contribution is 2.39. The topological polar surface area (TPSA) is 59.0 Å². The molecular formula is C18H25NO4. The lowest BCUT2D eigenvalue weighted by Gasteiger charge is -2.40. The van der Waals surface area contributed by atoms with E-state index in [1.807, 2.05) is 4.90 Å². The molecule has 2 saturated heterocycles. The summed E-state index contributed by atoms with van der Waals surface area (Å²) in [4.78, 5) is 14.6. The van der Waals surface area contributed by atoms with Crippen molar-refractivity contribution in [1.82, 2.24) is 4.90 Å². The van der Waals surface area contributed by atoms with E-state index >= 15 is 0 Å². The van der Waals surface area contributed by atoms with Gasteiger partial charge < -0.3 is 19.5 Å². The standard InChI is InChI=1S/C18H25NO4/c1-22-10-7-14-11-18(23-12-14)8-2-9-19(13-18)17(21)15-3-5-16(20)6-4-15/h3-6,14,20H,2,7-13H2,1H3/t14-,18-/m1/s1. The Bertz CT molecular complexity index is 544. The number of phenolic OH excluding ortho intramolecular Hbond substituents is 1. The molecule has 1 aromatic carbocycles. The number of hydrogen-bond acceptors (Lipinski definition) is 4. The Kier molecular flexibility index (Phi) is 4.87. The van der Waals surface area contributed by atoms with Crippen molar-refractivity contribution >= 4 is 5.91 Å².